The number of hydrogen-bond donors (Lipinski definition) is 2. The second-order valence-corrected chi connectivity index (χ2v) is 12.1. The number of fused-ring (bicyclic) bond motifs is 1. The highest BCUT2D eigenvalue weighted by Gasteiger charge is 2.32. The predicted octanol–water partition coefficient (Wildman–Crippen LogP) is 4.36. The van der Waals surface area contributed by atoms with Gasteiger partial charge in [-0.15, -0.1) is 11.3 Å². The van der Waals surface area contributed by atoms with E-state index < -0.39 is 24.9 Å². The van der Waals surface area contributed by atoms with E-state index in [-0.39, 0.29) is 42.6 Å². The zero-order chi connectivity index (χ0) is 32.0. The number of carbonyl (C=O) groups is 1. The minimum atomic E-state index is -4.54. The zero-order valence-corrected chi connectivity index (χ0v) is 25.8. The molecule has 0 spiro atoms. The van der Waals surface area contributed by atoms with Crippen molar-refractivity contribution in [3.63, 3.8) is 0 Å². The standard InChI is InChI=1S/C30H37F4N7O3S/c1-35-28(38-44-11-7-36-29(42)20-14-21(45-18-20)16-40-9-12-43-13-10-40)27-15-22-24(37-25-6-8-39(2)17-23(25)31)4-3-5-26(22)41(27)19-30(32,33)34/h3-5,14-15,18,23,25,37H,1,6-13,16-17,19H2,2H3,(H,36,42)/b38-28-/t23-,25+/m0/s1. The highest BCUT2D eigenvalue weighted by Crippen LogP contribution is 2.32. The Kier molecular flexibility index (Phi) is 10.7. The Morgan fingerprint density at radius 3 is 2.76 bits per heavy atom. The second kappa shape index (κ2) is 14.7. The van der Waals surface area contributed by atoms with Gasteiger partial charge in [-0.05, 0) is 44.5 Å². The van der Waals surface area contributed by atoms with E-state index in [1.165, 1.54) is 17.4 Å². The molecule has 10 nitrogen and oxygen atoms in total. The van der Waals surface area contributed by atoms with Gasteiger partial charge in [-0.1, -0.05) is 11.2 Å². The fraction of sp³-hybridized carbons (Fsp3) is 0.500. The van der Waals surface area contributed by atoms with Gasteiger partial charge in [0, 0.05) is 54.1 Å². The quantitative estimate of drug-likeness (QED) is 0.105. The summed E-state index contributed by atoms with van der Waals surface area (Å²) in [5.41, 5.74) is 1.38. The molecule has 3 aromatic rings. The van der Waals surface area contributed by atoms with Gasteiger partial charge in [0.15, 0.2) is 0 Å². The molecule has 2 fully saturated rings. The molecule has 2 N–H and O–H groups in total. The van der Waals surface area contributed by atoms with Crippen LogP contribution in [0.25, 0.3) is 10.9 Å². The summed E-state index contributed by atoms with van der Waals surface area (Å²) in [5.74, 6) is -0.416. The van der Waals surface area contributed by atoms with Crippen LogP contribution in [0.5, 0.6) is 0 Å². The van der Waals surface area contributed by atoms with Gasteiger partial charge in [0.25, 0.3) is 5.91 Å². The van der Waals surface area contributed by atoms with E-state index in [4.69, 9.17) is 9.57 Å². The smallest absolute Gasteiger partial charge is 0.392 e. The number of thiophene rings is 1. The zero-order valence-electron chi connectivity index (χ0n) is 25.0. The minimum absolute atomic E-state index is 0.0434. The second-order valence-electron chi connectivity index (χ2n) is 11.1. The number of halogens is 4. The van der Waals surface area contributed by atoms with Crippen LogP contribution in [0.4, 0.5) is 23.2 Å². The molecule has 0 unspecified atom stereocenters. The molecule has 0 aliphatic carbocycles. The minimum Gasteiger partial charge on any atom is -0.392 e. The molecule has 45 heavy (non-hydrogen) atoms. The van der Waals surface area contributed by atoms with Crippen molar-refractivity contribution in [3.05, 3.63) is 51.8 Å². The van der Waals surface area contributed by atoms with Gasteiger partial charge in [-0.2, -0.15) is 13.2 Å². The van der Waals surface area contributed by atoms with Crippen molar-refractivity contribution in [2.75, 3.05) is 64.9 Å². The molecule has 2 aromatic heterocycles. The Morgan fingerprint density at radius 2 is 2.02 bits per heavy atom. The molecular formula is C30H37F4N7O3S. The summed E-state index contributed by atoms with van der Waals surface area (Å²) in [5, 5.41) is 12.2. The third-order valence-electron chi connectivity index (χ3n) is 7.78. The maximum absolute atomic E-state index is 14.8. The fourth-order valence-corrected chi connectivity index (χ4v) is 6.41. The summed E-state index contributed by atoms with van der Waals surface area (Å²) < 4.78 is 62.2. The maximum Gasteiger partial charge on any atom is 0.406 e. The highest BCUT2D eigenvalue weighted by molar-refractivity contribution is 7.10. The van der Waals surface area contributed by atoms with Crippen LogP contribution >= 0.6 is 11.3 Å². The molecule has 2 aliphatic rings. The van der Waals surface area contributed by atoms with Crippen LogP contribution in [0.1, 0.15) is 27.3 Å². The van der Waals surface area contributed by atoms with Crippen molar-refractivity contribution in [1.82, 2.24) is 19.7 Å². The molecule has 0 bridgehead atoms. The Hall–Kier alpha value is -3.53. The lowest BCUT2D eigenvalue weighted by Crippen LogP contribution is -2.46. The number of oxime groups is 1. The number of nitrogens with one attached hydrogen (secondary N) is 2. The number of aliphatic imine (C=N–C) groups is 1. The van der Waals surface area contributed by atoms with Crippen molar-refractivity contribution >= 4 is 46.4 Å². The van der Waals surface area contributed by atoms with Gasteiger partial charge < -0.3 is 29.7 Å². The van der Waals surface area contributed by atoms with E-state index in [1.807, 2.05) is 18.0 Å². The van der Waals surface area contributed by atoms with Crippen LogP contribution in [0.15, 0.2) is 45.9 Å². The van der Waals surface area contributed by atoms with E-state index in [1.54, 1.807) is 23.6 Å². The van der Waals surface area contributed by atoms with Crippen molar-refractivity contribution in [2.45, 2.75) is 37.9 Å². The number of alkyl halides is 4. The Labute approximate surface area is 262 Å². The van der Waals surface area contributed by atoms with Crippen LogP contribution in [0.3, 0.4) is 0 Å². The number of rotatable bonds is 11. The number of amides is 1. The summed E-state index contributed by atoms with van der Waals surface area (Å²) in [7, 11) is 1.85. The largest absolute Gasteiger partial charge is 0.406 e. The van der Waals surface area contributed by atoms with E-state index in [2.05, 4.69) is 32.4 Å². The number of nitrogens with zero attached hydrogens (tertiary/aromatic N) is 5. The van der Waals surface area contributed by atoms with Crippen LogP contribution in [0.2, 0.25) is 0 Å². The number of aromatic nitrogens is 1. The fourth-order valence-electron chi connectivity index (χ4n) is 5.50. The number of amidine groups is 1. The van der Waals surface area contributed by atoms with Gasteiger partial charge in [-0.3, -0.25) is 9.69 Å². The molecule has 15 heteroatoms. The molecule has 2 saturated heterocycles. The molecule has 244 valence electrons. The SMILES string of the molecule is C=N/C(=N\OCCNC(=O)c1csc(CN2CCOCC2)c1)c1cc2c(N[C@@H]3CCN(C)C[C@@H]3F)cccc2n1CC(F)(F)F. The van der Waals surface area contributed by atoms with Gasteiger partial charge in [0.05, 0.1) is 42.6 Å². The average Bonchev–Trinajstić information content (AvgIpc) is 3.61. The molecule has 1 amide bonds. The van der Waals surface area contributed by atoms with Crippen molar-refractivity contribution in [2.24, 2.45) is 10.1 Å². The number of anilines is 1. The molecule has 2 atom stereocenters. The van der Waals surface area contributed by atoms with Crippen LogP contribution in [-0.4, -0.2) is 111 Å². The predicted molar refractivity (Wildman–Crippen MR) is 167 cm³/mol. The number of ether oxygens (including phenoxy) is 1. The molecule has 0 radical (unpaired) electrons. The van der Waals surface area contributed by atoms with Crippen LogP contribution in [0, 0.1) is 0 Å². The maximum atomic E-state index is 14.8. The Morgan fingerprint density at radius 1 is 1.22 bits per heavy atom. The van der Waals surface area contributed by atoms with Crippen LogP contribution in [-0.2, 0) is 22.7 Å². The van der Waals surface area contributed by atoms with Crippen molar-refractivity contribution in [3.8, 4) is 0 Å². The summed E-state index contributed by atoms with van der Waals surface area (Å²) in [6.07, 6.45) is -5.12. The lowest BCUT2D eigenvalue weighted by Gasteiger charge is -2.33. The normalized spacial score (nSPS) is 20.3. The van der Waals surface area contributed by atoms with E-state index in [0.717, 1.165) is 29.1 Å². The Balaban J connectivity index is 1.24. The van der Waals surface area contributed by atoms with E-state index >= 15 is 0 Å². The third-order valence-corrected chi connectivity index (χ3v) is 8.70. The molecule has 2 aliphatic heterocycles. The number of hydrogen-bond acceptors (Lipinski definition) is 8. The van der Waals surface area contributed by atoms with Crippen LogP contribution < -0.4 is 10.6 Å². The van der Waals surface area contributed by atoms with Crippen molar-refractivity contribution in [1.29, 1.82) is 0 Å². The number of piperidine rings is 1. The number of benzene rings is 1. The number of carbonyl (C=O) groups excluding carboxylic acids is 1. The first-order valence-corrected chi connectivity index (χ1v) is 15.6. The lowest BCUT2D eigenvalue weighted by atomic mass is 10.0. The molecule has 0 saturated carbocycles. The molecular weight excluding hydrogens is 614 g/mol. The summed E-state index contributed by atoms with van der Waals surface area (Å²) in [4.78, 5) is 27.1. The van der Waals surface area contributed by atoms with E-state index in [0.29, 0.717) is 42.8 Å². The summed E-state index contributed by atoms with van der Waals surface area (Å²) >= 11 is 1.51. The van der Waals surface area contributed by atoms with Gasteiger partial charge in [-0.25, -0.2) is 9.38 Å². The molecule has 1 aromatic carbocycles. The molecule has 4 heterocycles. The summed E-state index contributed by atoms with van der Waals surface area (Å²) in [6.45, 7) is 7.09. The number of morpholine rings is 1. The monoisotopic (exact) mass is 651 g/mol. The van der Waals surface area contributed by atoms with Gasteiger partial charge in [0.2, 0.25) is 5.84 Å². The number of likely N-dealkylation sites (tertiary alicyclic amines) is 1. The Bertz CT molecular complexity index is 1500. The van der Waals surface area contributed by atoms with E-state index in [9.17, 15) is 22.4 Å². The van der Waals surface area contributed by atoms with Gasteiger partial charge in [0.1, 0.15) is 19.3 Å². The first-order valence-electron chi connectivity index (χ1n) is 14.7. The summed E-state index contributed by atoms with van der Waals surface area (Å²) in [6, 6.07) is 7.80. The highest BCUT2D eigenvalue weighted by atomic mass is 32.1. The first kappa shape index (κ1) is 32.9. The first-order chi connectivity index (χ1) is 21.6. The third kappa shape index (κ3) is 8.60. The van der Waals surface area contributed by atoms with Crippen molar-refractivity contribution < 1.29 is 31.9 Å². The topological polar surface area (TPSA) is 95.7 Å². The van der Waals surface area contributed by atoms with Gasteiger partial charge >= 0.3 is 6.18 Å². The average molecular weight is 652 g/mol. The lowest BCUT2D eigenvalue weighted by molar-refractivity contribution is -0.139. The molecule has 5 rings (SSSR count).